The first-order valence-electron chi connectivity index (χ1n) is 10.4. The number of allylic oxidation sites excluding steroid dienone is 2. The van der Waals surface area contributed by atoms with Gasteiger partial charge < -0.3 is 9.64 Å². The smallest absolute Gasteiger partial charge is 0.272 e. The molecule has 0 bridgehead atoms. The number of pyridine rings is 1. The predicted molar refractivity (Wildman–Crippen MR) is 120 cm³/mol. The van der Waals surface area contributed by atoms with Crippen LogP contribution in [-0.2, 0) is 4.74 Å². The lowest BCUT2D eigenvalue weighted by Crippen LogP contribution is -2.36. The Balaban J connectivity index is 1.59. The van der Waals surface area contributed by atoms with Crippen LogP contribution in [0.1, 0.15) is 28.8 Å². The zero-order valence-corrected chi connectivity index (χ0v) is 17.4. The Hall–Kier alpha value is -3.85. The number of hydrogen-bond acceptors (Lipinski definition) is 7. The van der Waals surface area contributed by atoms with Gasteiger partial charge in [-0.25, -0.2) is 5.43 Å². The summed E-state index contributed by atoms with van der Waals surface area (Å²) in [6, 6.07) is 9.97. The molecule has 1 aromatic heterocycles. The van der Waals surface area contributed by atoms with Crippen molar-refractivity contribution < 1.29 is 14.5 Å². The van der Waals surface area contributed by atoms with E-state index in [1.807, 2.05) is 12.1 Å². The number of non-ortho nitro benzene ring substituents is 1. The first-order valence-corrected chi connectivity index (χ1v) is 10.4. The topological polar surface area (TPSA) is 110 Å². The molecule has 9 heteroatoms. The van der Waals surface area contributed by atoms with Gasteiger partial charge in [0, 0.05) is 43.3 Å². The van der Waals surface area contributed by atoms with Gasteiger partial charge in [0.15, 0.2) is 0 Å². The number of amides is 1. The second-order valence-electron chi connectivity index (χ2n) is 7.44. The summed E-state index contributed by atoms with van der Waals surface area (Å²) in [6.45, 7) is 2.77. The fourth-order valence-electron chi connectivity index (χ4n) is 3.83. The Bertz CT molecular complexity index is 1090. The number of hydrogen-bond donors (Lipinski definition) is 1. The molecule has 32 heavy (non-hydrogen) atoms. The number of nitro benzene ring substituents is 1. The van der Waals surface area contributed by atoms with Gasteiger partial charge in [-0.2, -0.15) is 5.10 Å². The number of benzene rings is 1. The lowest BCUT2D eigenvalue weighted by Gasteiger charge is -2.31. The predicted octanol–water partition coefficient (Wildman–Crippen LogP) is 3.17. The summed E-state index contributed by atoms with van der Waals surface area (Å²) < 4.78 is 5.50. The minimum atomic E-state index is -0.390. The summed E-state index contributed by atoms with van der Waals surface area (Å²) in [5.41, 5.74) is 6.99. The molecule has 4 rings (SSSR count). The number of carbonyl (C=O) groups is 1. The van der Waals surface area contributed by atoms with Crippen molar-refractivity contribution in [3.8, 4) is 0 Å². The molecule has 1 fully saturated rings. The number of aromatic nitrogens is 1. The van der Waals surface area contributed by atoms with E-state index in [0.717, 1.165) is 48.3 Å². The van der Waals surface area contributed by atoms with E-state index in [0.29, 0.717) is 18.8 Å². The minimum Gasteiger partial charge on any atom is -0.378 e. The van der Waals surface area contributed by atoms with Gasteiger partial charge in [-0.05, 0) is 47.8 Å². The van der Waals surface area contributed by atoms with Crippen LogP contribution in [0.25, 0.3) is 6.08 Å². The van der Waals surface area contributed by atoms with E-state index in [2.05, 4.69) is 20.4 Å². The third kappa shape index (κ3) is 5.06. The van der Waals surface area contributed by atoms with Gasteiger partial charge in [-0.1, -0.05) is 12.1 Å². The Morgan fingerprint density at radius 1 is 1.22 bits per heavy atom. The molecule has 0 radical (unpaired) electrons. The van der Waals surface area contributed by atoms with Crippen LogP contribution in [0, 0.1) is 10.1 Å². The van der Waals surface area contributed by atoms with E-state index in [4.69, 9.17) is 4.74 Å². The second-order valence-corrected chi connectivity index (χ2v) is 7.44. The Kier molecular flexibility index (Phi) is 6.66. The van der Waals surface area contributed by atoms with Gasteiger partial charge >= 0.3 is 0 Å². The maximum atomic E-state index is 12.2. The normalized spacial score (nSPS) is 17.9. The third-order valence-electron chi connectivity index (χ3n) is 5.33. The van der Waals surface area contributed by atoms with Crippen molar-refractivity contribution >= 4 is 23.9 Å². The highest BCUT2D eigenvalue weighted by Gasteiger charge is 2.25. The first kappa shape index (κ1) is 21.4. The third-order valence-corrected chi connectivity index (χ3v) is 5.33. The lowest BCUT2D eigenvalue weighted by atomic mass is 10.1. The zero-order valence-electron chi connectivity index (χ0n) is 17.4. The van der Waals surface area contributed by atoms with E-state index in [9.17, 15) is 14.9 Å². The van der Waals surface area contributed by atoms with Crippen LogP contribution in [-0.4, -0.2) is 53.2 Å². The molecule has 2 heterocycles. The molecule has 164 valence electrons. The Morgan fingerprint density at radius 2 is 2.06 bits per heavy atom. The SMILES string of the molecule is O=C(NN=CC1=C(N2CCOCC2)C(=Cc2cccc([N+](=O)[O-])c2)CC1)c1cccnc1. The highest BCUT2D eigenvalue weighted by molar-refractivity contribution is 5.94. The fraction of sp³-hybridized carbons (Fsp3) is 0.261. The molecule has 9 nitrogen and oxygen atoms in total. The molecule has 1 aliphatic heterocycles. The van der Waals surface area contributed by atoms with E-state index in [1.54, 1.807) is 36.7 Å². The maximum Gasteiger partial charge on any atom is 0.272 e. The van der Waals surface area contributed by atoms with Crippen LogP contribution in [0.4, 0.5) is 5.69 Å². The largest absolute Gasteiger partial charge is 0.378 e. The zero-order chi connectivity index (χ0) is 22.3. The lowest BCUT2D eigenvalue weighted by molar-refractivity contribution is -0.384. The highest BCUT2D eigenvalue weighted by atomic mass is 16.6. The molecule has 0 atom stereocenters. The number of nitrogens with zero attached hydrogens (tertiary/aromatic N) is 4. The molecule has 0 spiro atoms. The highest BCUT2D eigenvalue weighted by Crippen LogP contribution is 2.35. The van der Waals surface area contributed by atoms with Crippen molar-refractivity contribution in [3.63, 3.8) is 0 Å². The molecule has 1 saturated heterocycles. The summed E-state index contributed by atoms with van der Waals surface area (Å²) in [5.74, 6) is -0.326. The van der Waals surface area contributed by atoms with Crippen LogP contribution < -0.4 is 5.43 Å². The Labute approximate surface area is 185 Å². The van der Waals surface area contributed by atoms with Gasteiger partial charge in [-0.15, -0.1) is 0 Å². The molecule has 2 aromatic rings. The maximum absolute atomic E-state index is 12.2. The number of nitro groups is 1. The number of ether oxygens (including phenoxy) is 1. The van der Waals surface area contributed by atoms with E-state index in [-0.39, 0.29) is 11.6 Å². The summed E-state index contributed by atoms with van der Waals surface area (Å²) in [5, 5.41) is 15.3. The van der Waals surface area contributed by atoms with Crippen molar-refractivity contribution in [2.75, 3.05) is 26.3 Å². The van der Waals surface area contributed by atoms with Crippen LogP contribution in [0.3, 0.4) is 0 Å². The van der Waals surface area contributed by atoms with Crippen molar-refractivity contribution in [1.82, 2.24) is 15.3 Å². The van der Waals surface area contributed by atoms with Gasteiger partial charge in [0.1, 0.15) is 0 Å². The first-order chi connectivity index (χ1) is 15.6. The molecule has 0 unspecified atom stereocenters. The molecule has 2 aliphatic rings. The molecule has 1 aliphatic carbocycles. The standard InChI is InChI=1S/C23H23N5O4/c29-23(20-4-2-8-24-15-20)26-25-16-19-7-6-18(22(19)27-9-11-32-12-10-27)13-17-3-1-5-21(14-17)28(30)31/h1-5,8,13-16H,6-7,9-12H2,(H,26,29). The number of hydrazone groups is 1. The van der Waals surface area contributed by atoms with Crippen molar-refractivity contribution in [2.24, 2.45) is 5.10 Å². The number of rotatable bonds is 6. The minimum absolute atomic E-state index is 0.0640. The van der Waals surface area contributed by atoms with Gasteiger partial charge in [-0.3, -0.25) is 19.9 Å². The Morgan fingerprint density at radius 3 is 2.81 bits per heavy atom. The second kappa shape index (κ2) is 9.97. The van der Waals surface area contributed by atoms with Gasteiger partial charge in [0.05, 0.1) is 29.9 Å². The van der Waals surface area contributed by atoms with Crippen molar-refractivity contribution in [3.05, 3.63) is 86.9 Å². The van der Waals surface area contributed by atoms with Crippen LogP contribution >= 0.6 is 0 Å². The fourth-order valence-corrected chi connectivity index (χ4v) is 3.83. The van der Waals surface area contributed by atoms with Crippen LogP contribution in [0.5, 0.6) is 0 Å². The van der Waals surface area contributed by atoms with Gasteiger partial charge in [0.2, 0.25) is 0 Å². The summed E-state index contributed by atoms with van der Waals surface area (Å²) >= 11 is 0. The van der Waals surface area contributed by atoms with Crippen molar-refractivity contribution in [1.29, 1.82) is 0 Å². The van der Waals surface area contributed by atoms with Crippen molar-refractivity contribution in [2.45, 2.75) is 12.8 Å². The summed E-state index contributed by atoms with van der Waals surface area (Å²) in [7, 11) is 0. The number of nitrogens with one attached hydrogen (secondary N) is 1. The van der Waals surface area contributed by atoms with Crippen LogP contribution in [0.2, 0.25) is 0 Å². The summed E-state index contributed by atoms with van der Waals surface area (Å²) in [4.78, 5) is 29.2. The monoisotopic (exact) mass is 433 g/mol. The van der Waals surface area contributed by atoms with E-state index >= 15 is 0 Å². The molecular weight excluding hydrogens is 410 g/mol. The average molecular weight is 433 g/mol. The molecule has 1 amide bonds. The van der Waals surface area contributed by atoms with Gasteiger partial charge in [0.25, 0.3) is 11.6 Å². The summed E-state index contributed by atoms with van der Waals surface area (Å²) in [6.07, 6.45) is 8.32. The van der Waals surface area contributed by atoms with E-state index in [1.165, 1.54) is 12.3 Å². The quantitative estimate of drug-likeness (QED) is 0.426. The molecule has 0 saturated carbocycles. The molecule has 1 aromatic carbocycles. The molecule has 1 N–H and O–H groups in total. The van der Waals surface area contributed by atoms with E-state index < -0.39 is 4.92 Å². The number of carbonyl (C=O) groups excluding carboxylic acids is 1. The van der Waals surface area contributed by atoms with Crippen LogP contribution in [0.15, 0.2) is 70.7 Å². The molecular formula is C23H23N5O4. The number of morpholine rings is 1. The average Bonchev–Trinajstić information content (AvgIpc) is 3.22.